The molecule has 138 valence electrons. The Morgan fingerprint density at radius 2 is 1.77 bits per heavy atom. The van der Waals surface area contributed by atoms with Crippen LogP contribution in [0.4, 0.5) is 10.5 Å². The Labute approximate surface area is 157 Å². The van der Waals surface area contributed by atoms with Crippen LogP contribution in [-0.4, -0.2) is 54.3 Å². The molecule has 4 rings (SSSR count). The second-order valence-electron chi connectivity index (χ2n) is 7.77. The first-order valence-electron chi connectivity index (χ1n) is 8.92. The van der Waals surface area contributed by atoms with E-state index in [9.17, 15) is 14.4 Å². The van der Waals surface area contributed by atoms with Crippen molar-refractivity contribution in [3.63, 3.8) is 0 Å². The van der Waals surface area contributed by atoms with Gasteiger partial charge in [0.05, 0.1) is 6.04 Å². The zero-order valence-corrected chi connectivity index (χ0v) is 15.9. The van der Waals surface area contributed by atoms with Crippen molar-refractivity contribution in [1.29, 1.82) is 0 Å². The van der Waals surface area contributed by atoms with Crippen LogP contribution < -0.4 is 4.90 Å². The van der Waals surface area contributed by atoms with Gasteiger partial charge in [-0.2, -0.15) is 0 Å². The molecule has 7 heteroatoms. The first-order chi connectivity index (χ1) is 12.3. The molecule has 1 aromatic rings. The van der Waals surface area contributed by atoms with Crippen LogP contribution in [-0.2, 0) is 16.0 Å². The highest BCUT2D eigenvalue weighted by Crippen LogP contribution is 2.49. The highest BCUT2D eigenvalue weighted by molar-refractivity contribution is 6.31. The summed E-state index contributed by atoms with van der Waals surface area (Å²) in [6, 6.07) is 4.77. The van der Waals surface area contributed by atoms with Crippen LogP contribution in [0.2, 0.25) is 5.02 Å². The van der Waals surface area contributed by atoms with Crippen LogP contribution in [0.5, 0.6) is 0 Å². The summed E-state index contributed by atoms with van der Waals surface area (Å²) in [5, 5.41) is 0.641. The maximum Gasteiger partial charge on any atom is 0.332 e. The number of rotatable bonds is 0. The van der Waals surface area contributed by atoms with E-state index < -0.39 is 23.3 Å². The average Bonchev–Trinajstić information content (AvgIpc) is 2.63. The number of hydrogen-bond acceptors (Lipinski definition) is 4. The number of benzene rings is 1. The quantitative estimate of drug-likeness (QED) is 0.654. The Morgan fingerprint density at radius 3 is 2.42 bits per heavy atom. The van der Waals surface area contributed by atoms with Gasteiger partial charge in [-0.3, -0.25) is 19.4 Å². The molecule has 2 saturated heterocycles. The molecule has 4 amide bonds. The standard InChI is InChI=1S/C19H22ClN3O3/c1-11-6-7-23-14-9-13(20)5-4-12(14)10-19(15(23)8-11)16(24)21(2)18(26)22(3)17(19)25/h4-5,9,11,15H,6-8,10H2,1-3H3/t11-,15+/m0/s1. The van der Waals surface area contributed by atoms with Gasteiger partial charge in [0.25, 0.3) is 0 Å². The van der Waals surface area contributed by atoms with E-state index in [0.717, 1.165) is 40.4 Å². The van der Waals surface area contributed by atoms with Crippen LogP contribution >= 0.6 is 11.6 Å². The van der Waals surface area contributed by atoms with Crippen LogP contribution in [0, 0.1) is 11.3 Å². The number of carbonyl (C=O) groups is 3. The van der Waals surface area contributed by atoms with Gasteiger partial charge in [-0.25, -0.2) is 4.79 Å². The summed E-state index contributed by atoms with van der Waals surface area (Å²) in [4.78, 5) is 43.2. The van der Waals surface area contributed by atoms with E-state index in [1.807, 2.05) is 12.1 Å². The molecule has 2 atom stereocenters. The van der Waals surface area contributed by atoms with Gasteiger partial charge in [0, 0.05) is 31.4 Å². The lowest BCUT2D eigenvalue weighted by Gasteiger charge is -2.55. The Hall–Kier alpha value is -2.08. The molecule has 1 spiro atoms. The van der Waals surface area contributed by atoms with E-state index in [4.69, 9.17) is 11.6 Å². The van der Waals surface area contributed by atoms with Crippen molar-refractivity contribution in [2.24, 2.45) is 11.3 Å². The molecule has 0 aromatic heterocycles. The molecule has 2 fully saturated rings. The number of piperidine rings is 1. The summed E-state index contributed by atoms with van der Waals surface area (Å²) >= 11 is 6.21. The molecule has 0 aliphatic carbocycles. The van der Waals surface area contributed by atoms with E-state index >= 15 is 0 Å². The third-order valence-corrected chi connectivity index (χ3v) is 6.44. The van der Waals surface area contributed by atoms with Crippen LogP contribution in [0.25, 0.3) is 0 Å². The molecule has 3 heterocycles. The normalized spacial score (nSPS) is 27.7. The molecule has 26 heavy (non-hydrogen) atoms. The minimum Gasteiger partial charge on any atom is -0.367 e. The van der Waals surface area contributed by atoms with Gasteiger partial charge >= 0.3 is 6.03 Å². The first-order valence-corrected chi connectivity index (χ1v) is 9.30. The zero-order chi connectivity index (χ0) is 18.8. The fourth-order valence-corrected chi connectivity index (χ4v) is 4.96. The Kier molecular flexibility index (Phi) is 3.81. The number of amides is 4. The first kappa shape index (κ1) is 17.3. The number of fused-ring (bicyclic) bond motifs is 4. The SMILES string of the molecule is C[C@H]1CCN2c3cc(Cl)ccc3CC3(C(=O)N(C)C(=O)N(C)C3=O)[C@H]2C1. The number of nitrogens with zero attached hydrogens (tertiary/aromatic N) is 3. The second-order valence-corrected chi connectivity index (χ2v) is 8.21. The number of halogens is 1. The van der Waals surface area contributed by atoms with Gasteiger partial charge in [0.2, 0.25) is 11.8 Å². The lowest BCUT2D eigenvalue weighted by Crippen LogP contribution is -2.72. The number of anilines is 1. The molecule has 0 N–H and O–H groups in total. The molecule has 6 nitrogen and oxygen atoms in total. The van der Waals surface area contributed by atoms with Crippen molar-refractivity contribution < 1.29 is 14.4 Å². The summed E-state index contributed by atoms with van der Waals surface area (Å²) in [6.45, 7) is 2.91. The summed E-state index contributed by atoms with van der Waals surface area (Å²) in [5.74, 6) is -0.381. The zero-order valence-electron chi connectivity index (χ0n) is 15.2. The number of hydrogen-bond donors (Lipinski definition) is 0. The average molecular weight is 376 g/mol. The Balaban J connectivity index is 1.92. The van der Waals surface area contributed by atoms with E-state index in [-0.39, 0.29) is 6.04 Å². The molecule has 0 bridgehead atoms. The molecule has 0 radical (unpaired) electrons. The van der Waals surface area contributed by atoms with Gasteiger partial charge in [0.1, 0.15) is 0 Å². The van der Waals surface area contributed by atoms with E-state index in [0.29, 0.717) is 17.4 Å². The van der Waals surface area contributed by atoms with Gasteiger partial charge in [-0.05, 0) is 42.9 Å². The number of imide groups is 2. The highest BCUT2D eigenvalue weighted by Gasteiger charge is 2.63. The summed E-state index contributed by atoms with van der Waals surface area (Å²) in [6.07, 6.45) is 2.03. The van der Waals surface area contributed by atoms with E-state index in [1.165, 1.54) is 14.1 Å². The summed E-state index contributed by atoms with van der Waals surface area (Å²) in [5.41, 5.74) is 0.674. The molecule has 1 aromatic carbocycles. The van der Waals surface area contributed by atoms with E-state index in [2.05, 4.69) is 11.8 Å². The van der Waals surface area contributed by atoms with E-state index in [1.54, 1.807) is 6.07 Å². The summed E-state index contributed by atoms with van der Waals surface area (Å²) in [7, 11) is 2.92. The van der Waals surface area contributed by atoms with Crippen molar-refractivity contribution in [1.82, 2.24) is 9.80 Å². The van der Waals surface area contributed by atoms with Gasteiger partial charge in [0.15, 0.2) is 5.41 Å². The third-order valence-electron chi connectivity index (χ3n) is 6.21. The van der Waals surface area contributed by atoms with Gasteiger partial charge in [-0.15, -0.1) is 0 Å². The predicted molar refractivity (Wildman–Crippen MR) is 98.1 cm³/mol. The van der Waals surface area contributed by atoms with Crippen molar-refractivity contribution in [3.05, 3.63) is 28.8 Å². The predicted octanol–water partition coefficient (Wildman–Crippen LogP) is 2.54. The molecule has 3 aliphatic heterocycles. The fraction of sp³-hybridized carbons (Fsp3) is 0.526. The van der Waals surface area contributed by atoms with Crippen LogP contribution in [0.15, 0.2) is 18.2 Å². The smallest absolute Gasteiger partial charge is 0.332 e. The molecule has 0 unspecified atom stereocenters. The van der Waals surface area contributed by atoms with Gasteiger partial charge in [-0.1, -0.05) is 24.6 Å². The Bertz CT molecular complexity index is 800. The van der Waals surface area contributed by atoms with Gasteiger partial charge < -0.3 is 4.90 Å². The minimum absolute atomic E-state index is 0.268. The molecular weight excluding hydrogens is 354 g/mol. The monoisotopic (exact) mass is 375 g/mol. The van der Waals surface area contributed by atoms with Crippen molar-refractivity contribution in [2.75, 3.05) is 25.5 Å². The molecule has 3 aliphatic rings. The van der Waals surface area contributed by atoms with Crippen LogP contribution in [0.1, 0.15) is 25.3 Å². The topological polar surface area (TPSA) is 60.9 Å². The molecular formula is C19H22ClN3O3. The van der Waals surface area contributed by atoms with Crippen molar-refractivity contribution in [3.8, 4) is 0 Å². The Morgan fingerprint density at radius 1 is 1.12 bits per heavy atom. The number of urea groups is 1. The number of barbiturate groups is 1. The number of carbonyl (C=O) groups excluding carboxylic acids is 3. The highest BCUT2D eigenvalue weighted by atomic mass is 35.5. The van der Waals surface area contributed by atoms with Crippen molar-refractivity contribution >= 4 is 35.1 Å². The lowest BCUT2D eigenvalue weighted by molar-refractivity contribution is -0.160. The summed E-state index contributed by atoms with van der Waals surface area (Å²) < 4.78 is 0. The van der Waals surface area contributed by atoms with Crippen LogP contribution in [0.3, 0.4) is 0 Å². The maximum atomic E-state index is 13.3. The lowest BCUT2D eigenvalue weighted by atomic mass is 9.64. The second kappa shape index (κ2) is 5.71. The molecule has 0 saturated carbocycles. The minimum atomic E-state index is -1.26. The maximum absolute atomic E-state index is 13.3. The largest absolute Gasteiger partial charge is 0.367 e. The fourth-order valence-electron chi connectivity index (χ4n) is 4.79. The van der Waals surface area contributed by atoms with Crippen molar-refractivity contribution in [2.45, 2.75) is 32.2 Å². The third kappa shape index (κ3) is 2.14.